The third-order valence-corrected chi connectivity index (χ3v) is 7.59. The topological polar surface area (TPSA) is 127 Å². The molecule has 0 radical (unpaired) electrons. The van der Waals surface area contributed by atoms with Crippen molar-refractivity contribution in [3.63, 3.8) is 0 Å². The van der Waals surface area contributed by atoms with E-state index in [2.05, 4.69) is 10.4 Å². The minimum Gasteiger partial charge on any atom is -1.00 e. The quantitative estimate of drug-likeness (QED) is 0.266. The number of alkyl halides is 6. The summed E-state index contributed by atoms with van der Waals surface area (Å²) in [5, 5.41) is 13.9. The molecule has 0 atom stereocenters. The summed E-state index contributed by atoms with van der Waals surface area (Å²) >= 11 is 12.0. The Morgan fingerprint density at radius 1 is 1.14 bits per heavy atom. The van der Waals surface area contributed by atoms with Crippen LogP contribution < -0.4 is 44.5 Å². The zero-order valence-electron chi connectivity index (χ0n) is 23.8. The van der Waals surface area contributed by atoms with E-state index in [1.165, 1.54) is 18.2 Å². The molecule has 0 bridgehead atoms. The predicted octanol–water partition coefficient (Wildman–Crippen LogP) is 3.56. The molecule has 0 saturated heterocycles. The molecule has 0 aliphatic rings. The second-order valence-corrected chi connectivity index (χ2v) is 11.1. The van der Waals surface area contributed by atoms with Gasteiger partial charge in [0.2, 0.25) is 0 Å². The van der Waals surface area contributed by atoms with Crippen molar-refractivity contribution in [1.82, 2.24) is 9.78 Å². The molecule has 10 nitrogen and oxygen atoms in total. The molecule has 44 heavy (non-hydrogen) atoms. The molecule has 0 saturated carbocycles. The van der Waals surface area contributed by atoms with Gasteiger partial charge in [-0.15, -0.1) is 0 Å². The number of nitrogens with one attached hydrogen (secondary N) is 1. The molecule has 234 valence electrons. The molecule has 3 aromatic rings. The Balaban J connectivity index is 0.00000506. The number of hydrogen-bond donors (Lipinski definition) is 1. The Morgan fingerprint density at radius 3 is 2.18 bits per heavy atom. The van der Waals surface area contributed by atoms with Gasteiger partial charge in [0.05, 0.1) is 28.8 Å². The molecule has 0 spiro atoms. The number of ether oxygens (including phenoxy) is 2. The zero-order chi connectivity index (χ0) is 32.3. The number of nitriles is 1. The van der Waals surface area contributed by atoms with Crippen molar-refractivity contribution in [2.45, 2.75) is 23.5 Å². The number of nitrogens with zero attached hydrogens (tertiary/aromatic N) is 4. The van der Waals surface area contributed by atoms with E-state index in [0.717, 1.165) is 11.9 Å². The first-order valence-electron chi connectivity index (χ1n) is 11.7. The second-order valence-electron chi connectivity index (χ2n) is 8.40. The first kappa shape index (κ1) is 37.3. The Labute approximate surface area is 280 Å². The summed E-state index contributed by atoms with van der Waals surface area (Å²) < 4.78 is 116. The molecule has 1 N–H and O–H groups in total. The molecular weight excluding hydrogens is 678 g/mol. The van der Waals surface area contributed by atoms with Crippen molar-refractivity contribution >= 4 is 50.6 Å². The molecule has 1 aromatic heterocycles. The molecule has 1 amide bonds. The molecule has 2 aromatic carbocycles. The van der Waals surface area contributed by atoms with Crippen LogP contribution in [-0.2, 0) is 20.8 Å². The Hall–Kier alpha value is -2.88. The largest absolute Gasteiger partial charge is 1.00 e. The smallest absolute Gasteiger partial charge is 1.00 e. The maximum Gasteiger partial charge on any atom is 1.00 e. The van der Waals surface area contributed by atoms with E-state index < -0.39 is 78.5 Å². The fraction of sp³-hybridized carbons (Fsp3) is 0.292. The summed E-state index contributed by atoms with van der Waals surface area (Å²) in [6, 6.07) is 8.18. The minimum atomic E-state index is -6.27. The normalized spacial score (nSPS) is 11.8. The van der Waals surface area contributed by atoms with Gasteiger partial charge in [-0.2, -0.15) is 36.7 Å². The summed E-state index contributed by atoms with van der Waals surface area (Å²) in [6.45, 7) is 1.15. The SMILES string of the molecule is CCOc1ccc(NC(=O)OCCN(C)c2c(S(=O)(=O)C(F)(F)F)c(C#N)nn2-c2c(Cl)cc(C(F)(F)F)cc2Cl)cc1.[H-].[Na+]. The summed E-state index contributed by atoms with van der Waals surface area (Å²) in [7, 11) is -5.21. The Morgan fingerprint density at radius 2 is 1.70 bits per heavy atom. The van der Waals surface area contributed by atoms with Gasteiger partial charge in [0.25, 0.3) is 9.84 Å². The number of benzene rings is 2. The van der Waals surface area contributed by atoms with Gasteiger partial charge in [-0.3, -0.25) is 5.32 Å². The molecule has 0 aliphatic heterocycles. The number of aromatic nitrogens is 2. The number of hydrogen-bond acceptors (Lipinski definition) is 8. The molecule has 3 rings (SSSR count). The summed E-state index contributed by atoms with van der Waals surface area (Å²) in [5.41, 5.74) is -8.82. The van der Waals surface area contributed by atoms with Gasteiger partial charge in [-0.25, -0.2) is 17.9 Å². The van der Waals surface area contributed by atoms with Crippen LogP contribution in [0.2, 0.25) is 10.0 Å². The average Bonchev–Trinajstić information content (AvgIpc) is 3.28. The van der Waals surface area contributed by atoms with Crippen LogP contribution in [0.5, 0.6) is 5.75 Å². The molecule has 0 unspecified atom stereocenters. The van der Waals surface area contributed by atoms with E-state index in [-0.39, 0.29) is 31.0 Å². The Kier molecular flexibility index (Phi) is 12.3. The molecule has 1 heterocycles. The molecule has 0 aliphatic carbocycles. The van der Waals surface area contributed by atoms with Crippen LogP contribution in [0.15, 0.2) is 41.3 Å². The predicted molar refractivity (Wildman–Crippen MR) is 144 cm³/mol. The number of sulfone groups is 1. The zero-order valence-corrected chi connectivity index (χ0v) is 27.2. The molecule has 0 fully saturated rings. The number of rotatable bonds is 9. The van der Waals surface area contributed by atoms with Gasteiger partial charge in [0, 0.05) is 12.7 Å². The summed E-state index contributed by atoms with van der Waals surface area (Å²) in [4.78, 5) is 11.4. The van der Waals surface area contributed by atoms with Crippen molar-refractivity contribution in [3.05, 3.63) is 57.7 Å². The standard InChI is InChI=1S/C24H19Cl2F6N5O5S.Na.H/c1-3-41-15-6-4-14(5-7-15)34-22(38)42-9-8-36(2)21-20(43(39,40)24(30,31)32)18(12-33)35-37(21)19-16(25)10-13(11-17(19)26)23(27,28)29;;/h4-7,10-11H,3,8-9H2,1-2H3,(H,34,38);;/q;+1;-1. The second kappa shape index (κ2) is 14.5. The molecular formula is C24H20Cl2F6N5NaO5S. The van der Waals surface area contributed by atoms with E-state index in [9.17, 15) is 44.8 Å². The van der Waals surface area contributed by atoms with Gasteiger partial charge in [-0.1, -0.05) is 23.2 Å². The fourth-order valence-corrected chi connectivity index (χ4v) is 5.29. The van der Waals surface area contributed by atoms with Crippen LogP contribution >= 0.6 is 23.2 Å². The van der Waals surface area contributed by atoms with Crippen molar-refractivity contribution in [3.8, 4) is 17.5 Å². The molecule has 20 heteroatoms. The maximum atomic E-state index is 13.7. The van der Waals surface area contributed by atoms with Crippen LogP contribution in [0, 0.1) is 11.3 Å². The monoisotopic (exact) mass is 697 g/mol. The fourth-order valence-electron chi connectivity index (χ4n) is 3.59. The van der Waals surface area contributed by atoms with Gasteiger partial charge >= 0.3 is 47.3 Å². The first-order valence-corrected chi connectivity index (χ1v) is 13.9. The van der Waals surface area contributed by atoms with Crippen LogP contribution in [0.3, 0.4) is 0 Å². The van der Waals surface area contributed by atoms with Crippen LogP contribution in [0.25, 0.3) is 5.69 Å². The van der Waals surface area contributed by atoms with E-state index in [4.69, 9.17) is 32.7 Å². The number of halogens is 8. The number of carbonyl (C=O) groups is 1. The number of carbonyl (C=O) groups excluding carboxylic acids is 1. The van der Waals surface area contributed by atoms with E-state index >= 15 is 0 Å². The third-order valence-electron chi connectivity index (χ3n) is 5.49. The third kappa shape index (κ3) is 8.23. The maximum absolute atomic E-state index is 13.7. The number of amides is 1. The van der Waals surface area contributed by atoms with Crippen molar-refractivity contribution in [2.75, 3.05) is 37.0 Å². The van der Waals surface area contributed by atoms with Crippen LogP contribution in [-0.4, -0.2) is 56.6 Å². The Bertz CT molecular complexity index is 1650. The van der Waals surface area contributed by atoms with E-state index in [0.29, 0.717) is 34.9 Å². The van der Waals surface area contributed by atoms with E-state index in [1.54, 1.807) is 19.1 Å². The first-order chi connectivity index (χ1) is 19.9. The van der Waals surface area contributed by atoms with Gasteiger partial charge < -0.3 is 15.8 Å². The van der Waals surface area contributed by atoms with Crippen molar-refractivity contribution in [1.29, 1.82) is 5.26 Å². The average molecular weight is 698 g/mol. The summed E-state index contributed by atoms with van der Waals surface area (Å²) in [6.07, 6.45) is -5.90. The van der Waals surface area contributed by atoms with Gasteiger partial charge in [0.15, 0.2) is 16.4 Å². The number of likely N-dealkylation sites (N-methyl/N-ethyl adjacent to an activating group) is 1. The van der Waals surface area contributed by atoms with Crippen molar-refractivity contribution < 1.29 is 80.0 Å². The minimum absolute atomic E-state index is 0. The van der Waals surface area contributed by atoms with Gasteiger partial charge in [0.1, 0.15) is 24.1 Å². The van der Waals surface area contributed by atoms with Crippen molar-refractivity contribution in [2.24, 2.45) is 0 Å². The van der Waals surface area contributed by atoms with Crippen LogP contribution in [0.4, 0.5) is 42.6 Å². The van der Waals surface area contributed by atoms with Gasteiger partial charge in [-0.05, 0) is 43.3 Å². The van der Waals surface area contributed by atoms with Crippen LogP contribution in [0.1, 0.15) is 19.6 Å². The van der Waals surface area contributed by atoms with E-state index in [1.807, 2.05) is 0 Å². The number of anilines is 2. The summed E-state index contributed by atoms with van der Waals surface area (Å²) in [5.74, 6) is -0.401.